The average molecular weight is 230 g/mol. The first-order valence-corrected chi connectivity index (χ1v) is 6.46. The van der Waals surface area contributed by atoms with Gasteiger partial charge in [0.2, 0.25) is 0 Å². The van der Waals surface area contributed by atoms with Gasteiger partial charge in [-0.05, 0) is 38.0 Å². The number of aliphatic hydroxyl groups is 1. The van der Waals surface area contributed by atoms with Crippen molar-refractivity contribution in [3.63, 3.8) is 0 Å². The normalized spacial score (nSPS) is 25.9. The van der Waals surface area contributed by atoms with Gasteiger partial charge in [0.25, 0.3) is 0 Å². The van der Waals surface area contributed by atoms with Crippen molar-refractivity contribution in [2.45, 2.75) is 58.7 Å². The second-order valence-electron chi connectivity index (χ2n) is 5.18. The molecule has 1 N–H and O–H groups in total. The summed E-state index contributed by atoms with van der Waals surface area (Å²) in [6.45, 7) is 8.41. The number of aliphatic hydroxyl groups excluding tert-OH is 1. The summed E-state index contributed by atoms with van der Waals surface area (Å²) in [7, 11) is 0. The van der Waals surface area contributed by atoms with Crippen molar-refractivity contribution >= 4 is 0 Å². The highest BCUT2D eigenvalue weighted by Crippen LogP contribution is 2.38. The maximum Gasteiger partial charge on any atom is 0.0745 e. The Labute approximate surface area is 99.1 Å². The minimum atomic E-state index is -0.354. The highest BCUT2D eigenvalue weighted by Gasteiger charge is 2.37. The zero-order valence-corrected chi connectivity index (χ0v) is 10.9. The summed E-state index contributed by atoms with van der Waals surface area (Å²) in [5, 5.41) is 9.05. The van der Waals surface area contributed by atoms with Crippen molar-refractivity contribution in [1.29, 1.82) is 0 Å². The van der Waals surface area contributed by atoms with Gasteiger partial charge in [-0.1, -0.05) is 13.8 Å². The van der Waals surface area contributed by atoms with Crippen molar-refractivity contribution in [3.05, 3.63) is 0 Å². The summed E-state index contributed by atoms with van der Waals surface area (Å²) < 4.78 is 11.0. The molecule has 0 aliphatic carbocycles. The lowest BCUT2D eigenvalue weighted by Gasteiger charge is -2.42. The molecule has 3 unspecified atom stereocenters. The fourth-order valence-corrected chi connectivity index (χ4v) is 2.18. The van der Waals surface area contributed by atoms with E-state index in [0.717, 1.165) is 32.5 Å². The Hall–Kier alpha value is -0.120. The molecule has 0 aromatic rings. The van der Waals surface area contributed by atoms with E-state index >= 15 is 0 Å². The Morgan fingerprint density at radius 2 is 2.25 bits per heavy atom. The van der Waals surface area contributed by atoms with E-state index < -0.39 is 0 Å². The lowest BCUT2D eigenvalue weighted by molar-refractivity contribution is -0.127. The molecule has 3 heteroatoms. The molecule has 3 nitrogen and oxygen atoms in total. The molecule has 1 heterocycles. The minimum Gasteiger partial charge on any atom is -0.391 e. The molecule has 0 aromatic heterocycles. The van der Waals surface area contributed by atoms with Crippen LogP contribution in [-0.4, -0.2) is 37.1 Å². The van der Waals surface area contributed by atoms with Crippen LogP contribution < -0.4 is 0 Å². The molecule has 3 atom stereocenters. The molecule has 16 heavy (non-hydrogen) atoms. The Kier molecular flexibility index (Phi) is 5.73. The van der Waals surface area contributed by atoms with Crippen LogP contribution in [0.5, 0.6) is 0 Å². The molecular formula is C13H26O3. The predicted molar refractivity (Wildman–Crippen MR) is 64.5 cm³/mol. The number of ether oxygens (including phenoxy) is 2. The summed E-state index contributed by atoms with van der Waals surface area (Å²) in [4.78, 5) is 0. The lowest BCUT2D eigenvalue weighted by atomic mass is 9.75. The van der Waals surface area contributed by atoms with E-state index in [2.05, 4.69) is 13.8 Å². The van der Waals surface area contributed by atoms with Crippen molar-refractivity contribution in [2.24, 2.45) is 5.41 Å². The Morgan fingerprint density at radius 1 is 1.56 bits per heavy atom. The van der Waals surface area contributed by atoms with E-state index in [9.17, 15) is 0 Å². The van der Waals surface area contributed by atoms with Gasteiger partial charge in [0.05, 0.1) is 18.8 Å². The first-order chi connectivity index (χ1) is 7.58. The number of hydrogen-bond donors (Lipinski definition) is 1. The first-order valence-electron chi connectivity index (χ1n) is 6.46. The molecule has 0 bridgehead atoms. The molecule has 0 aromatic carbocycles. The maximum atomic E-state index is 9.05. The zero-order chi connectivity index (χ0) is 12.0. The van der Waals surface area contributed by atoms with E-state index in [-0.39, 0.29) is 6.10 Å². The smallest absolute Gasteiger partial charge is 0.0745 e. The number of hydrogen-bond acceptors (Lipinski definition) is 3. The Morgan fingerprint density at radius 3 is 2.69 bits per heavy atom. The Balaban J connectivity index is 2.13. The van der Waals surface area contributed by atoms with E-state index in [4.69, 9.17) is 14.6 Å². The van der Waals surface area contributed by atoms with Gasteiger partial charge in [0, 0.05) is 13.2 Å². The van der Waals surface area contributed by atoms with Crippen LogP contribution in [0.4, 0.5) is 0 Å². The molecular weight excluding hydrogens is 204 g/mol. The molecule has 0 spiro atoms. The van der Waals surface area contributed by atoms with Crippen LogP contribution in [0, 0.1) is 5.41 Å². The van der Waals surface area contributed by atoms with Crippen molar-refractivity contribution < 1.29 is 14.6 Å². The first kappa shape index (κ1) is 13.9. The standard InChI is InChI=1S/C13H26O3/c1-4-13(3,12-6-9-16-12)7-5-8-15-10-11(2)14/h11-12,14H,4-10H2,1-3H3. The molecule has 1 rings (SSSR count). The molecule has 1 fully saturated rings. The van der Waals surface area contributed by atoms with Crippen LogP contribution in [0.25, 0.3) is 0 Å². The van der Waals surface area contributed by atoms with Gasteiger partial charge in [-0.15, -0.1) is 0 Å². The van der Waals surface area contributed by atoms with Gasteiger partial charge in [0.1, 0.15) is 0 Å². The lowest BCUT2D eigenvalue weighted by Crippen LogP contribution is -2.42. The highest BCUT2D eigenvalue weighted by atomic mass is 16.5. The SMILES string of the molecule is CCC(C)(CCCOCC(C)O)C1CCO1. The third-order valence-corrected chi connectivity index (χ3v) is 3.68. The third-order valence-electron chi connectivity index (χ3n) is 3.68. The fraction of sp³-hybridized carbons (Fsp3) is 1.00. The van der Waals surface area contributed by atoms with Crippen LogP contribution in [0.1, 0.15) is 46.5 Å². The Bertz CT molecular complexity index is 190. The second-order valence-corrected chi connectivity index (χ2v) is 5.18. The summed E-state index contributed by atoms with van der Waals surface area (Å²) >= 11 is 0. The number of rotatable bonds is 8. The maximum absolute atomic E-state index is 9.05. The summed E-state index contributed by atoms with van der Waals surface area (Å²) in [6.07, 6.45) is 4.67. The predicted octanol–water partition coefficient (Wildman–Crippen LogP) is 2.37. The highest BCUT2D eigenvalue weighted by molar-refractivity contribution is 4.86. The monoisotopic (exact) mass is 230 g/mol. The quantitative estimate of drug-likeness (QED) is 0.651. The fourth-order valence-electron chi connectivity index (χ4n) is 2.18. The van der Waals surface area contributed by atoms with E-state index in [1.165, 1.54) is 6.42 Å². The molecule has 0 saturated carbocycles. The van der Waals surface area contributed by atoms with Gasteiger partial charge < -0.3 is 14.6 Å². The molecule has 0 amide bonds. The zero-order valence-electron chi connectivity index (χ0n) is 10.9. The molecule has 96 valence electrons. The van der Waals surface area contributed by atoms with E-state index in [0.29, 0.717) is 18.1 Å². The van der Waals surface area contributed by atoms with Crippen LogP contribution in [0.3, 0.4) is 0 Å². The average Bonchev–Trinajstić information content (AvgIpc) is 2.14. The largest absolute Gasteiger partial charge is 0.391 e. The third kappa shape index (κ3) is 4.04. The molecule has 0 radical (unpaired) electrons. The van der Waals surface area contributed by atoms with Crippen LogP contribution in [0.2, 0.25) is 0 Å². The van der Waals surface area contributed by atoms with Crippen molar-refractivity contribution in [2.75, 3.05) is 19.8 Å². The molecule has 1 aliphatic rings. The summed E-state index contributed by atoms with van der Waals surface area (Å²) in [5.41, 5.74) is 0.312. The van der Waals surface area contributed by atoms with Gasteiger partial charge in [0.15, 0.2) is 0 Å². The summed E-state index contributed by atoms with van der Waals surface area (Å²) in [6, 6.07) is 0. The van der Waals surface area contributed by atoms with Crippen molar-refractivity contribution in [3.8, 4) is 0 Å². The van der Waals surface area contributed by atoms with Gasteiger partial charge in [-0.2, -0.15) is 0 Å². The summed E-state index contributed by atoms with van der Waals surface area (Å²) in [5.74, 6) is 0. The van der Waals surface area contributed by atoms with Gasteiger partial charge >= 0.3 is 0 Å². The van der Waals surface area contributed by atoms with Gasteiger partial charge in [-0.25, -0.2) is 0 Å². The van der Waals surface area contributed by atoms with Crippen molar-refractivity contribution in [1.82, 2.24) is 0 Å². The van der Waals surface area contributed by atoms with Crippen LogP contribution in [-0.2, 0) is 9.47 Å². The minimum absolute atomic E-state index is 0.312. The molecule has 1 aliphatic heterocycles. The molecule has 1 saturated heterocycles. The van der Waals surface area contributed by atoms with Crippen LogP contribution >= 0.6 is 0 Å². The van der Waals surface area contributed by atoms with E-state index in [1.807, 2.05) is 0 Å². The topological polar surface area (TPSA) is 38.7 Å². The van der Waals surface area contributed by atoms with E-state index in [1.54, 1.807) is 6.92 Å². The second kappa shape index (κ2) is 6.58. The van der Waals surface area contributed by atoms with Gasteiger partial charge in [-0.3, -0.25) is 0 Å². The van der Waals surface area contributed by atoms with Crippen LogP contribution in [0.15, 0.2) is 0 Å².